The number of fused-ring (bicyclic) bond motifs is 1. The number of nitrogens with zero attached hydrogens (tertiary/aromatic N) is 1. The number of ether oxygens (including phenoxy) is 1. The smallest absolute Gasteiger partial charge is 0.325 e. The van der Waals surface area contributed by atoms with E-state index >= 15 is 0 Å². The monoisotopic (exact) mass is 407 g/mol. The number of hydrogen-bond acceptors (Lipinski definition) is 3. The Bertz CT molecular complexity index is 1150. The molecular formula is C28H25NO2. The van der Waals surface area contributed by atoms with Gasteiger partial charge in [0.25, 0.3) is 0 Å². The Balaban J connectivity index is 1.60. The second-order valence-corrected chi connectivity index (χ2v) is 7.92. The van der Waals surface area contributed by atoms with Gasteiger partial charge in [0.1, 0.15) is 6.04 Å². The lowest BCUT2D eigenvalue weighted by molar-refractivity contribution is -0.143. The molecule has 4 aromatic carbocycles. The normalized spacial score (nSPS) is 20.0. The molecule has 1 saturated heterocycles. The fourth-order valence-electron chi connectivity index (χ4n) is 4.60. The van der Waals surface area contributed by atoms with Crippen LogP contribution in [0.2, 0.25) is 0 Å². The fraction of sp³-hybridized carbons (Fsp3) is 0.179. The highest BCUT2D eigenvalue weighted by molar-refractivity contribution is 5.85. The van der Waals surface area contributed by atoms with Gasteiger partial charge in [-0.15, -0.1) is 0 Å². The third-order valence-electron chi connectivity index (χ3n) is 6.02. The molecule has 0 aliphatic carbocycles. The Morgan fingerprint density at radius 1 is 0.806 bits per heavy atom. The molecule has 154 valence electrons. The molecule has 3 nitrogen and oxygen atoms in total. The first kappa shape index (κ1) is 19.5. The predicted molar refractivity (Wildman–Crippen MR) is 124 cm³/mol. The fourth-order valence-corrected chi connectivity index (χ4v) is 4.60. The zero-order valence-corrected chi connectivity index (χ0v) is 17.5. The van der Waals surface area contributed by atoms with Crippen molar-refractivity contribution < 1.29 is 9.53 Å². The highest BCUT2D eigenvalue weighted by Gasteiger charge is 2.58. The summed E-state index contributed by atoms with van der Waals surface area (Å²) >= 11 is 0. The van der Waals surface area contributed by atoms with Gasteiger partial charge in [0.2, 0.25) is 0 Å². The van der Waals surface area contributed by atoms with Crippen molar-refractivity contribution in [1.29, 1.82) is 0 Å². The predicted octanol–water partition coefficient (Wildman–Crippen LogP) is 5.92. The molecule has 0 saturated carbocycles. The van der Waals surface area contributed by atoms with Crippen LogP contribution in [0.1, 0.15) is 35.7 Å². The molecule has 0 aromatic heterocycles. The minimum Gasteiger partial charge on any atom is -0.465 e. The summed E-state index contributed by atoms with van der Waals surface area (Å²) in [6.45, 7) is 2.25. The number of hydrogen-bond donors (Lipinski definition) is 0. The molecule has 1 unspecified atom stereocenters. The molecule has 0 radical (unpaired) electrons. The van der Waals surface area contributed by atoms with Crippen molar-refractivity contribution in [2.75, 3.05) is 6.61 Å². The van der Waals surface area contributed by atoms with Gasteiger partial charge in [-0.25, -0.2) is 0 Å². The van der Waals surface area contributed by atoms with E-state index in [9.17, 15) is 4.79 Å². The van der Waals surface area contributed by atoms with E-state index < -0.39 is 0 Å². The second kappa shape index (κ2) is 8.37. The maximum atomic E-state index is 13.0. The van der Waals surface area contributed by atoms with Gasteiger partial charge < -0.3 is 4.74 Å². The topological polar surface area (TPSA) is 29.3 Å². The molecule has 4 aromatic rings. The quantitative estimate of drug-likeness (QED) is 0.294. The molecule has 1 aliphatic heterocycles. The Kier molecular flexibility index (Phi) is 5.27. The summed E-state index contributed by atoms with van der Waals surface area (Å²) in [5.74, 6) is -0.155. The van der Waals surface area contributed by atoms with Crippen LogP contribution in [0.5, 0.6) is 0 Å². The van der Waals surface area contributed by atoms with Gasteiger partial charge in [-0.1, -0.05) is 97.1 Å². The zero-order chi connectivity index (χ0) is 21.2. The van der Waals surface area contributed by atoms with Crippen LogP contribution in [0.15, 0.2) is 103 Å². The molecule has 0 N–H and O–H groups in total. The molecule has 0 spiro atoms. The zero-order valence-electron chi connectivity index (χ0n) is 17.5. The molecule has 5 rings (SSSR count). The van der Waals surface area contributed by atoms with Crippen molar-refractivity contribution >= 4 is 16.7 Å². The van der Waals surface area contributed by atoms with Crippen LogP contribution < -0.4 is 0 Å². The van der Waals surface area contributed by atoms with E-state index in [2.05, 4.69) is 89.8 Å². The van der Waals surface area contributed by atoms with E-state index in [0.717, 1.165) is 5.56 Å². The van der Waals surface area contributed by atoms with Gasteiger partial charge in [-0.3, -0.25) is 9.69 Å². The summed E-state index contributed by atoms with van der Waals surface area (Å²) in [6, 6.07) is 35.3. The van der Waals surface area contributed by atoms with Crippen molar-refractivity contribution in [2.24, 2.45) is 0 Å². The van der Waals surface area contributed by atoms with E-state index in [0.29, 0.717) is 6.61 Å². The largest absolute Gasteiger partial charge is 0.465 e. The first-order valence-electron chi connectivity index (χ1n) is 10.8. The number of rotatable bonds is 6. The molecule has 1 fully saturated rings. The number of carbonyl (C=O) groups is 1. The summed E-state index contributed by atoms with van der Waals surface area (Å²) in [5, 5.41) is 2.39. The molecule has 0 bridgehead atoms. The van der Waals surface area contributed by atoms with Crippen molar-refractivity contribution in [3.8, 4) is 0 Å². The van der Waals surface area contributed by atoms with Crippen LogP contribution in [0, 0.1) is 0 Å². The Morgan fingerprint density at radius 2 is 1.39 bits per heavy atom. The Morgan fingerprint density at radius 3 is 2.00 bits per heavy atom. The summed E-state index contributed by atoms with van der Waals surface area (Å²) in [7, 11) is 0. The van der Waals surface area contributed by atoms with Gasteiger partial charge in [-0.2, -0.15) is 0 Å². The summed E-state index contributed by atoms with van der Waals surface area (Å²) in [4.78, 5) is 15.3. The van der Waals surface area contributed by atoms with E-state index in [1.807, 2.05) is 25.1 Å². The standard InChI is InChI=1S/C28H25NO2/c1-2-31-28(30)27-26(24-18-17-20-11-9-10-16-23(20)19-24)29(27)25(21-12-5-3-6-13-21)22-14-7-4-8-15-22/h3-19,25-27H,2H2,1H3/t26-,27-,29?/m1/s1. The molecule has 31 heavy (non-hydrogen) atoms. The molecule has 0 amide bonds. The van der Waals surface area contributed by atoms with Crippen LogP contribution >= 0.6 is 0 Å². The van der Waals surface area contributed by atoms with Gasteiger partial charge in [-0.05, 0) is 40.5 Å². The van der Waals surface area contributed by atoms with Crippen LogP contribution in [0.4, 0.5) is 0 Å². The van der Waals surface area contributed by atoms with E-state index in [1.165, 1.54) is 21.9 Å². The van der Waals surface area contributed by atoms with Gasteiger partial charge >= 0.3 is 5.97 Å². The van der Waals surface area contributed by atoms with Crippen LogP contribution in [-0.4, -0.2) is 23.5 Å². The molecular weight excluding hydrogens is 382 g/mol. The lowest BCUT2D eigenvalue weighted by Gasteiger charge is -2.21. The van der Waals surface area contributed by atoms with Gasteiger partial charge in [0.15, 0.2) is 0 Å². The lowest BCUT2D eigenvalue weighted by atomic mass is 9.98. The molecule has 3 heteroatoms. The third-order valence-corrected chi connectivity index (χ3v) is 6.02. The maximum absolute atomic E-state index is 13.0. The lowest BCUT2D eigenvalue weighted by Crippen LogP contribution is -2.20. The van der Waals surface area contributed by atoms with Gasteiger partial charge in [0.05, 0.1) is 18.7 Å². The second-order valence-electron chi connectivity index (χ2n) is 7.92. The minimum atomic E-state index is -0.300. The summed E-state index contributed by atoms with van der Waals surface area (Å²) in [5.41, 5.74) is 3.49. The average Bonchev–Trinajstić information content (AvgIpc) is 3.56. The Hall–Kier alpha value is -3.43. The number of carbonyl (C=O) groups excluding carboxylic acids is 1. The summed E-state index contributed by atoms with van der Waals surface area (Å²) in [6.07, 6.45) is 0. The average molecular weight is 408 g/mol. The van der Waals surface area contributed by atoms with E-state index in [4.69, 9.17) is 4.74 Å². The maximum Gasteiger partial charge on any atom is 0.325 e. The number of benzene rings is 4. The van der Waals surface area contributed by atoms with E-state index in [-0.39, 0.29) is 24.1 Å². The van der Waals surface area contributed by atoms with Crippen LogP contribution in [0.25, 0.3) is 10.8 Å². The van der Waals surface area contributed by atoms with Crippen molar-refractivity contribution in [1.82, 2.24) is 4.90 Å². The minimum absolute atomic E-state index is 0.0194. The van der Waals surface area contributed by atoms with Crippen molar-refractivity contribution in [2.45, 2.75) is 25.0 Å². The summed E-state index contributed by atoms with van der Waals surface area (Å²) < 4.78 is 5.48. The highest BCUT2D eigenvalue weighted by atomic mass is 16.5. The van der Waals surface area contributed by atoms with Crippen LogP contribution in [0.3, 0.4) is 0 Å². The SMILES string of the molecule is CCOC(=O)[C@H]1[C@@H](c2ccc3ccccc3c2)N1C(c1ccccc1)c1ccccc1. The van der Waals surface area contributed by atoms with Crippen molar-refractivity contribution in [3.05, 3.63) is 120 Å². The molecule has 3 atom stereocenters. The third kappa shape index (κ3) is 3.73. The first-order chi connectivity index (χ1) is 15.3. The van der Waals surface area contributed by atoms with Crippen LogP contribution in [-0.2, 0) is 9.53 Å². The first-order valence-corrected chi connectivity index (χ1v) is 10.8. The molecule has 1 aliphatic rings. The van der Waals surface area contributed by atoms with Crippen molar-refractivity contribution in [3.63, 3.8) is 0 Å². The van der Waals surface area contributed by atoms with Gasteiger partial charge in [0, 0.05) is 0 Å². The highest BCUT2D eigenvalue weighted by Crippen LogP contribution is 2.52. The Labute approximate surface area is 182 Å². The molecule has 1 heterocycles. The number of esters is 1. The van der Waals surface area contributed by atoms with E-state index in [1.54, 1.807) is 0 Å².